The maximum atomic E-state index is 12.6. The fourth-order valence-corrected chi connectivity index (χ4v) is 2.85. The van der Waals surface area contributed by atoms with Gasteiger partial charge in [-0.15, -0.1) is 0 Å². The average Bonchev–Trinajstić information content (AvgIpc) is 2.68. The van der Waals surface area contributed by atoms with Crippen LogP contribution in [-0.2, 0) is 19.2 Å². The number of carbonyl (C=O) groups excluding carboxylic acids is 3. The van der Waals surface area contributed by atoms with Gasteiger partial charge in [-0.1, -0.05) is 34.1 Å². The molecule has 0 spiro atoms. The number of nitrogens with two attached hydrogens (primary N) is 2. The Balaban J connectivity index is 4.82. The van der Waals surface area contributed by atoms with Crippen LogP contribution in [0.25, 0.3) is 0 Å². The van der Waals surface area contributed by atoms with Crippen LogP contribution in [0.15, 0.2) is 0 Å². The van der Waals surface area contributed by atoms with Gasteiger partial charge in [0, 0.05) is 0 Å². The summed E-state index contributed by atoms with van der Waals surface area (Å²) in [6.45, 7) is 7.66. The van der Waals surface area contributed by atoms with Crippen molar-refractivity contribution >= 4 is 23.7 Å². The molecule has 0 rings (SSSR count). The number of carboxylic acids is 1. The zero-order chi connectivity index (χ0) is 23.3. The topological polar surface area (TPSA) is 177 Å². The predicted molar refractivity (Wildman–Crippen MR) is 114 cm³/mol. The predicted octanol–water partition coefficient (Wildman–Crippen LogP) is -0.295. The van der Waals surface area contributed by atoms with E-state index in [1.807, 2.05) is 27.7 Å². The van der Waals surface area contributed by atoms with Crippen molar-refractivity contribution in [2.45, 2.75) is 77.9 Å². The van der Waals surface area contributed by atoms with E-state index in [1.54, 1.807) is 0 Å². The lowest BCUT2D eigenvalue weighted by atomic mass is 9.97. The third-order valence-electron chi connectivity index (χ3n) is 4.86. The minimum absolute atomic E-state index is 0.175. The maximum absolute atomic E-state index is 12.6. The largest absolute Gasteiger partial charge is 0.480 e. The van der Waals surface area contributed by atoms with Gasteiger partial charge in [0.25, 0.3) is 0 Å². The second kappa shape index (κ2) is 14.7. The monoisotopic (exact) mass is 429 g/mol. The van der Waals surface area contributed by atoms with E-state index in [4.69, 9.17) is 11.5 Å². The van der Waals surface area contributed by atoms with Gasteiger partial charge in [-0.3, -0.25) is 14.4 Å². The first-order valence-corrected chi connectivity index (χ1v) is 10.6. The first-order chi connectivity index (χ1) is 14.0. The lowest BCUT2D eigenvalue weighted by molar-refractivity contribution is -0.142. The fourth-order valence-electron chi connectivity index (χ4n) is 2.85. The van der Waals surface area contributed by atoms with Crippen LogP contribution >= 0.6 is 0 Å². The Labute approximate surface area is 178 Å². The Hall–Kier alpha value is -2.20. The van der Waals surface area contributed by atoms with Crippen LogP contribution in [0.2, 0.25) is 0 Å². The van der Waals surface area contributed by atoms with Gasteiger partial charge in [-0.2, -0.15) is 0 Å². The molecule has 3 amide bonds. The Morgan fingerprint density at radius 1 is 1.00 bits per heavy atom. The highest BCUT2D eigenvalue weighted by Gasteiger charge is 2.28. The van der Waals surface area contributed by atoms with Crippen molar-refractivity contribution < 1.29 is 24.3 Å². The van der Waals surface area contributed by atoms with Gasteiger partial charge in [-0.05, 0) is 44.1 Å². The number of unbranched alkanes of at least 4 members (excludes halogenated alkanes) is 1. The van der Waals surface area contributed by atoms with Crippen LogP contribution in [0, 0.1) is 11.8 Å². The molecule has 0 aromatic heterocycles. The average molecular weight is 430 g/mol. The van der Waals surface area contributed by atoms with Crippen LogP contribution in [0.1, 0.15) is 59.8 Å². The number of aliphatic carboxylic acids is 1. The third kappa shape index (κ3) is 11.1. The lowest BCUT2D eigenvalue weighted by Crippen LogP contribution is -2.55. The van der Waals surface area contributed by atoms with Crippen molar-refractivity contribution in [2.24, 2.45) is 23.3 Å². The number of rotatable bonds is 15. The van der Waals surface area contributed by atoms with E-state index < -0.39 is 41.8 Å². The van der Waals surface area contributed by atoms with E-state index in [0.29, 0.717) is 32.2 Å². The second-order valence-electron chi connectivity index (χ2n) is 8.07. The fraction of sp³-hybridized carbons (Fsp3) is 0.800. The highest BCUT2D eigenvalue weighted by Crippen LogP contribution is 2.10. The summed E-state index contributed by atoms with van der Waals surface area (Å²) in [4.78, 5) is 48.3. The summed E-state index contributed by atoms with van der Waals surface area (Å²) in [5, 5.41) is 16.8. The highest BCUT2D eigenvalue weighted by atomic mass is 16.4. The smallest absolute Gasteiger partial charge is 0.326 e. The summed E-state index contributed by atoms with van der Waals surface area (Å²) >= 11 is 0. The van der Waals surface area contributed by atoms with Gasteiger partial charge >= 0.3 is 5.97 Å². The Morgan fingerprint density at radius 2 is 1.63 bits per heavy atom. The number of hydrogen-bond donors (Lipinski definition) is 6. The highest BCUT2D eigenvalue weighted by molar-refractivity contribution is 5.92. The molecule has 0 aliphatic carbocycles. The molecule has 30 heavy (non-hydrogen) atoms. The van der Waals surface area contributed by atoms with Crippen molar-refractivity contribution in [2.75, 3.05) is 13.1 Å². The molecule has 0 saturated carbocycles. The van der Waals surface area contributed by atoms with Crippen molar-refractivity contribution in [1.82, 2.24) is 16.0 Å². The number of nitrogens with one attached hydrogen (secondary N) is 3. The minimum atomic E-state index is -1.14. The second-order valence-corrected chi connectivity index (χ2v) is 8.07. The molecule has 0 radical (unpaired) electrons. The molecule has 8 N–H and O–H groups in total. The van der Waals surface area contributed by atoms with Crippen molar-refractivity contribution in [3.05, 3.63) is 0 Å². The Kier molecular flexibility index (Phi) is 13.7. The third-order valence-corrected chi connectivity index (χ3v) is 4.86. The van der Waals surface area contributed by atoms with Crippen molar-refractivity contribution in [1.29, 1.82) is 0 Å². The standard InChI is InChI=1S/C20H39N5O5/c1-5-13(4)17(25-18(27)14(22)10-12(2)3)19(28)23-11-16(26)24-15(20(29)30)8-6-7-9-21/h12-15,17H,5-11,21-22H2,1-4H3,(H,23,28)(H,24,26)(H,25,27)(H,29,30). The number of hydrogen-bond acceptors (Lipinski definition) is 6. The van der Waals surface area contributed by atoms with Crippen LogP contribution in [0.5, 0.6) is 0 Å². The van der Waals surface area contributed by atoms with Gasteiger partial charge in [-0.25, -0.2) is 4.79 Å². The number of amides is 3. The summed E-state index contributed by atoms with van der Waals surface area (Å²) in [5.74, 6) is -2.63. The molecular formula is C20H39N5O5. The summed E-state index contributed by atoms with van der Waals surface area (Å²) in [7, 11) is 0. The SMILES string of the molecule is CCC(C)C(NC(=O)C(N)CC(C)C)C(=O)NCC(=O)NC(CCCCN)C(=O)O. The van der Waals surface area contributed by atoms with E-state index >= 15 is 0 Å². The molecule has 4 unspecified atom stereocenters. The van der Waals surface area contributed by atoms with Gasteiger partial charge in [0.2, 0.25) is 17.7 Å². The maximum Gasteiger partial charge on any atom is 0.326 e. The molecule has 0 saturated heterocycles. The molecule has 0 aliphatic heterocycles. The molecule has 4 atom stereocenters. The van der Waals surface area contributed by atoms with E-state index in [1.165, 1.54) is 0 Å². The van der Waals surface area contributed by atoms with E-state index in [2.05, 4.69) is 16.0 Å². The van der Waals surface area contributed by atoms with Gasteiger partial charge in [0.1, 0.15) is 12.1 Å². The van der Waals surface area contributed by atoms with Crippen molar-refractivity contribution in [3.63, 3.8) is 0 Å². The molecule has 0 aromatic rings. The molecule has 0 fully saturated rings. The molecule has 0 heterocycles. The van der Waals surface area contributed by atoms with Gasteiger partial charge < -0.3 is 32.5 Å². The first-order valence-electron chi connectivity index (χ1n) is 10.6. The van der Waals surface area contributed by atoms with Gasteiger partial charge in [0.05, 0.1) is 12.6 Å². The zero-order valence-electron chi connectivity index (χ0n) is 18.6. The Bertz CT molecular complexity index is 570. The molecule has 0 aromatic carbocycles. The molecule has 10 heteroatoms. The number of carboxylic acid groups (broad SMARTS) is 1. The molecule has 174 valence electrons. The van der Waals surface area contributed by atoms with Crippen LogP contribution in [-0.4, -0.2) is 60.0 Å². The minimum Gasteiger partial charge on any atom is -0.480 e. The van der Waals surface area contributed by atoms with E-state index in [-0.39, 0.29) is 24.8 Å². The van der Waals surface area contributed by atoms with Gasteiger partial charge in [0.15, 0.2) is 0 Å². The normalized spacial score (nSPS) is 15.0. The molecule has 10 nitrogen and oxygen atoms in total. The lowest BCUT2D eigenvalue weighted by Gasteiger charge is -2.25. The van der Waals surface area contributed by atoms with E-state index in [0.717, 1.165) is 0 Å². The molecule has 0 aliphatic rings. The summed E-state index contributed by atoms with van der Waals surface area (Å²) in [6, 6.07) is -2.61. The molecule has 0 bridgehead atoms. The zero-order valence-corrected chi connectivity index (χ0v) is 18.6. The van der Waals surface area contributed by atoms with Crippen molar-refractivity contribution in [3.8, 4) is 0 Å². The first kappa shape index (κ1) is 27.8. The molecular weight excluding hydrogens is 390 g/mol. The van der Waals surface area contributed by atoms with Crippen LogP contribution in [0.3, 0.4) is 0 Å². The summed E-state index contributed by atoms with van der Waals surface area (Å²) in [6.07, 6.45) is 2.60. The van der Waals surface area contributed by atoms with Crippen LogP contribution < -0.4 is 27.4 Å². The summed E-state index contributed by atoms with van der Waals surface area (Å²) in [5.41, 5.74) is 11.3. The van der Waals surface area contributed by atoms with E-state index in [9.17, 15) is 24.3 Å². The summed E-state index contributed by atoms with van der Waals surface area (Å²) < 4.78 is 0. The Morgan fingerprint density at radius 3 is 2.13 bits per heavy atom. The number of carbonyl (C=O) groups is 4. The quantitative estimate of drug-likeness (QED) is 0.194. The van der Waals surface area contributed by atoms with Crippen LogP contribution in [0.4, 0.5) is 0 Å².